The fourth-order valence-electron chi connectivity index (χ4n) is 2.73. The van der Waals surface area contributed by atoms with Gasteiger partial charge in [-0.05, 0) is 33.6 Å². The lowest BCUT2D eigenvalue weighted by Crippen LogP contribution is -2.53. The van der Waals surface area contributed by atoms with Crippen LogP contribution in [-0.2, 0) is 11.3 Å². The highest BCUT2D eigenvalue weighted by Gasteiger charge is 2.28. The number of nitrogens with one attached hydrogen (secondary N) is 2. The second-order valence-corrected chi connectivity index (χ2v) is 8.69. The van der Waals surface area contributed by atoms with Crippen LogP contribution in [0.2, 0.25) is 0 Å². The third kappa shape index (κ3) is 6.89. The van der Waals surface area contributed by atoms with Gasteiger partial charge in [0.25, 0.3) is 0 Å². The van der Waals surface area contributed by atoms with E-state index in [1.807, 2.05) is 45.1 Å². The van der Waals surface area contributed by atoms with Crippen molar-refractivity contribution in [2.24, 2.45) is 4.99 Å². The van der Waals surface area contributed by atoms with Gasteiger partial charge >= 0.3 is 6.09 Å². The number of carbonyl (C=O) groups is 1. The van der Waals surface area contributed by atoms with Gasteiger partial charge in [-0.1, -0.05) is 0 Å². The van der Waals surface area contributed by atoms with Crippen LogP contribution >= 0.6 is 11.3 Å². The molecule has 1 aliphatic rings. The first-order valence-electron chi connectivity index (χ1n) is 9.25. The maximum atomic E-state index is 12.3. The van der Waals surface area contributed by atoms with Crippen LogP contribution in [-0.4, -0.2) is 67.8 Å². The van der Waals surface area contributed by atoms with E-state index in [1.165, 1.54) is 0 Å². The predicted molar refractivity (Wildman–Crippen MR) is 111 cm³/mol. The van der Waals surface area contributed by atoms with Crippen LogP contribution in [0.3, 0.4) is 0 Å². The number of amides is 1. The summed E-state index contributed by atoms with van der Waals surface area (Å²) in [5, 5.41) is 9.73. The monoisotopic (exact) mass is 396 g/mol. The summed E-state index contributed by atoms with van der Waals surface area (Å²) in [6.45, 7) is 7.60. The Morgan fingerprint density at radius 3 is 2.81 bits per heavy atom. The lowest BCUT2D eigenvalue weighted by atomic mass is 10.1. The molecule has 1 aromatic heterocycles. The Labute approximate surface area is 166 Å². The number of aromatic nitrogens is 1. The minimum absolute atomic E-state index is 0.144. The Balaban J connectivity index is 1.85. The number of carbonyl (C=O) groups excluding carboxylic acids is 1. The molecule has 0 bridgehead atoms. The van der Waals surface area contributed by atoms with Crippen molar-refractivity contribution in [3.05, 3.63) is 11.1 Å². The second kappa shape index (κ2) is 9.25. The van der Waals surface area contributed by atoms with Crippen LogP contribution < -0.4 is 15.5 Å². The summed E-state index contributed by atoms with van der Waals surface area (Å²) in [5.41, 5.74) is 0.499. The van der Waals surface area contributed by atoms with Crippen molar-refractivity contribution in [3.63, 3.8) is 0 Å². The molecule has 2 heterocycles. The predicted octanol–water partition coefficient (Wildman–Crippen LogP) is 2.27. The molecule has 1 unspecified atom stereocenters. The summed E-state index contributed by atoms with van der Waals surface area (Å²) in [5.74, 6) is 0.713. The normalized spacial score (nSPS) is 18.2. The van der Waals surface area contributed by atoms with E-state index < -0.39 is 5.60 Å². The molecular formula is C18H32N6O2S. The van der Waals surface area contributed by atoms with E-state index in [0.717, 1.165) is 30.2 Å². The molecule has 1 aromatic rings. The number of thiazole rings is 1. The number of ether oxygens (including phenoxy) is 1. The summed E-state index contributed by atoms with van der Waals surface area (Å²) in [6, 6.07) is 0.144. The molecule has 8 nitrogen and oxygen atoms in total. The van der Waals surface area contributed by atoms with Gasteiger partial charge < -0.3 is 25.2 Å². The van der Waals surface area contributed by atoms with Crippen LogP contribution in [0.1, 0.15) is 39.3 Å². The van der Waals surface area contributed by atoms with E-state index in [4.69, 9.17) is 4.74 Å². The molecule has 1 atom stereocenters. The summed E-state index contributed by atoms with van der Waals surface area (Å²) in [7, 11) is 5.71. The highest BCUT2D eigenvalue weighted by atomic mass is 32.1. The van der Waals surface area contributed by atoms with Crippen molar-refractivity contribution in [3.8, 4) is 0 Å². The van der Waals surface area contributed by atoms with Crippen LogP contribution in [0.5, 0.6) is 0 Å². The lowest BCUT2D eigenvalue weighted by Gasteiger charge is -2.35. The van der Waals surface area contributed by atoms with Crippen molar-refractivity contribution in [2.45, 2.75) is 51.8 Å². The van der Waals surface area contributed by atoms with Crippen molar-refractivity contribution in [1.29, 1.82) is 0 Å². The molecule has 152 valence electrons. The van der Waals surface area contributed by atoms with E-state index >= 15 is 0 Å². The fourth-order valence-corrected chi connectivity index (χ4v) is 3.49. The molecule has 2 rings (SSSR count). The molecule has 27 heavy (non-hydrogen) atoms. The zero-order valence-corrected chi connectivity index (χ0v) is 18.0. The zero-order chi connectivity index (χ0) is 20.0. The molecule has 0 aliphatic carbocycles. The SMILES string of the molecule is CN=C(NCc1csc(N(C)C)n1)NC1CCCN(C(=O)OC(C)(C)C)C1. The molecular weight excluding hydrogens is 364 g/mol. The van der Waals surface area contributed by atoms with Crippen LogP contribution in [0, 0.1) is 0 Å². The standard InChI is InChI=1S/C18H32N6O2S/c1-18(2,3)26-17(25)24-9-7-8-13(11-24)21-15(19-4)20-10-14-12-27-16(22-14)23(5)6/h12-13H,7-11H2,1-6H3,(H2,19,20,21). The van der Waals surface area contributed by atoms with Crippen molar-refractivity contribution in [1.82, 2.24) is 20.5 Å². The average Bonchev–Trinajstić information content (AvgIpc) is 3.06. The zero-order valence-electron chi connectivity index (χ0n) is 17.2. The number of guanidine groups is 1. The number of hydrogen-bond acceptors (Lipinski definition) is 6. The van der Waals surface area contributed by atoms with Gasteiger partial charge in [0.05, 0.1) is 12.2 Å². The molecule has 0 spiro atoms. The summed E-state index contributed by atoms with van der Waals surface area (Å²) < 4.78 is 5.49. The molecule has 0 radical (unpaired) electrons. The second-order valence-electron chi connectivity index (χ2n) is 7.85. The minimum atomic E-state index is -0.478. The highest BCUT2D eigenvalue weighted by Crippen LogP contribution is 2.18. The Morgan fingerprint density at radius 2 is 2.22 bits per heavy atom. The maximum absolute atomic E-state index is 12.3. The van der Waals surface area contributed by atoms with E-state index in [-0.39, 0.29) is 12.1 Å². The quantitative estimate of drug-likeness (QED) is 0.600. The summed E-state index contributed by atoms with van der Waals surface area (Å²) >= 11 is 1.62. The number of anilines is 1. The fraction of sp³-hybridized carbons (Fsp3) is 0.722. The Bertz CT molecular complexity index is 653. The third-order valence-corrected chi connectivity index (χ3v) is 5.05. The van der Waals surface area contributed by atoms with Crippen molar-refractivity contribution >= 4 is 28.5 Å². The largest absolute Gasteiger partial charge is 0.444 e. The first kappa shape index (κ1) is 21.3. The van der Waals surface area contributed by atoms with Gasteiger partial charge in [0.2, 0.25) is 0 Å². The Morgan fingerprint density at radius 1 is 1.48 bits per heavy atom. The van der Waals surface area contributed by atoms with E-state index in [2.05, 4.69) is 20.6 Å². The first-order chi connectivity index (χ1) is 12.7. The van der Waals surface area contributed by atoms with Gasteiger partial charge in [0, 0.05) is 45.7 Å². The Hall–Kier alpha value is -2.03. The molecule has 0 aromatic carbocycles. The average molecular weight is 397 g/mol. The van der Waals surface area contributed by atoms with E-state index in [0.29, 0.717) is 19.0 Å². The number of likely N-dealkylation sites (tertiary alicyclic amines) is 1. The molecule has 1 amide bonds. The molecule has 2 N–H and O–H groups in total. The smallest absolute Gasteiger partial charge is 0.410 e. The maximum Gasteiger partial charge on any atom is 0.410 e. The Kier molecular flexibility index (Phi) is 7.29. The molecule has 0 saturated carbocycles. The number of nitrogens with zero attached hydrogens (tertiary/aromatic N) is 4. The van der Waals surface area contributed by atoms with Gasteiger partial charge in [0.1, 0.15) is 5.60 Å². The number of aliphatic imine (C=N–C) groups is 1. The van der Waals surface area contributed by atoms with Gasteiger partial charge in [-0.3, -0.25) is 4.99 Å². The summed E-state index contributed by atoms with van der Waals surface area (Å²) in [4.78, 5) is 24.9. The first-order valence-corrected chi connectivity index (χ1v) is 10.1. The topological polar surface area (TPSA) is 82.1 Å². The third-order valence-electron chi connectivity index (χ3n) is 4.00. The van der Waals surface area contributed by atoms with Crippen LogP contribution in [0.15, 0.2) is 10.4 Å². The number of hydrogen-bond donors (Lipinski definition) is 2. The van der Waals surface area contributed by atoms with Gasteiger partial charge in [0.15, 0.2) is 11.1 Å². The molecule has 1 aliphatic heterocycles. The van der Waals surface area contributed by atoms with E-state index in [9.17, 15) is 4.79 Å². The number of piperidine rings is 1. The highest BCUT2D eigenvalue weighted by molar-refractivity contribution is 7.13. The lowest BCUT2D eigenvalue weighted by molar-refractivity contribution is 0.0193. The van der Waals surface area contributed by atoms with Gasteiger partial charge in [-0.2, -0.15) is 0 Å². The van der Waals surface area contributed by atoms with Crippen LogP contribution in [0.4, 0.5) is 9.93 Å². The van der Waals surface area contributed by atoms with Crippen molar-refractivity contribution in [2.75, 3.05) is 39.1 Å². The van der Waals surface area contributed by atoms with Gasteiger partial charge in [-0.15, -0.1) is 11.3 Å². The summed E-state index contributed by atoms with van der Waals surface area (Å²) in [6.07, 6.45) is 1.67. The molecule has 1 fully saturated rings. The molecule has 9 heteroatoms. The van der Waals surface area contributed by atoms with E-state index in [1.54, 1.807) is 23.3 Å². The van der Waals surface area contributed by atoms with Crippen molar-refractivity contribution < 1.29 is 9.53 Å². The number of rotatable bonds is 4. The minimum Gasteiger partial charge on any atom is -0.444 e. The van der Waals surface area contributed by atoms with Gasteiger partial charge in [-0.25, -0.2) is 9.78 Å². The van der Waals surface area contributed by atoms with Crippen LogP contribution in [0.25, 0.3) is 0 Å². The molecule has 1 saturated heterocycles.